The van der Waals surface area contributed by atoms with Crippen molar-refractivity contribution < 1.29 is 9.47 Å². The Balaban J connectivity index is 1.30. The average molecular weight is 471 g/mol. The number of rotatable bonds is 12. The van der Waals surface area contributed by atoms with Gasteiger partial charge < -0.3 is 9.47 Å². The van der Waals surface area contributed by atoms with Crippen LogP contribution in [-0.2, 0) is 13.2 Å². The van der Waals surface area contributed by atoms with Crippen LogP contribution in [0.15, 0.2) is 90.3 Å². The van der Waals surface area contributed by atoms with Gasteiger partial charge in [0.15, 0.2) is 0 Å². The molecular formula is C31H34O2S. The molecule has 0 aliphatic rings. The van der Waals surface area contributed by atoms with Crippen molar-refractivity contribution in [3.8, 4) is 22.6 Å². The Morgan fingerprint density at radius 3 is 2.00 bits per heavy atom. The van der Waals surface area contributed by atoms with E-state index < -0.39 is 0 Å². The standard InChI is InChI=1S/C31H34O2S/c1-3-8-25(9-4-2)26-16-18-30(19-17-26)32-21-24-12-14-27(15-13-24)28-20-31(34-23-28)22-33-29-10-6-5-7-11-29/h5-7,10-20,23,25H,3-4,8-9,21-22H2,1-2H3. The molecule has 0 aliphatic carbocycles. The van der Waals surface area contributed by atoms with Gasteiger partial charge in [-0.05, 0) is 76.7 Å². The van der Waals surface area contributed by atoms with E-state index in [1.807, 2.05) is 30.3 Å². The fraction of sp³-hybridized carbons (Fsp3) is 0.290. The minimum absolute atomic E-state index is 0.576. The van der Waals surface area contributed by atoms with Crippen molar-refractivity contribution >= 4 is 11.3 Å². The first kappa shape index (κ1) is 24.1. The van der Waals surface area contributed by atoms with E-state index in [-0.39, 0.29) is 0 Å². The van der Waals surface area contributed by atoms with E-state index in [0.717, 1.165) is 11.5 Å². The molecule has 2 nitrogen and oxygen atoms in total. The van der Waals surface area contributed by atoms with Gasteiger partial charge in [-0.2, -0.15) is 0 Å². The Bertz CT molecular complexity index is 1110. The molecule has 0 saturated heterocycles. The molecule has 1 aromatic heterocycles. The summed E-state index contributed by atoms with van der Waals surface area (Å²) in [5.41, 5.74) is 5.05. The number of hydrogen-bond acceptors (Lipinski definition) is 3. The van der Waals surface area contributed by atoms with E-state index >= 15 is 0 Å². The smallest absolute Gasteiger partial charge is 0.122 e. The van der Waals surface area contributed by atoms with E-state index in [1.54, 1.807) is 11.3 Å². The van der Waals surface area contributed by atoms with Gasteiger partial charge in [-0.25, -0.2) is 0 Å². The van der Waals surface area contributed by atoms with Crippen LogP contribution in [0.3, 0.4) is 0 Å². The lowest BCUT2D eigenvalue weighted by Gasteiger charge is -2.16. The third-order valence-corrected chi connectivity index (χ3v) is 7.01. The summed E-state index contributed by atoms with van der Waals surface area (Å²) in [7, 11) is 0. The van der Waals surface area contributed by atoms with Crippen molar-refractivity contribution in [2.45, 2.75) is 58.7 Å². The van der Waals surface area contributed by atoms with E-state index in [0.29, 0.717) is 19.1 Å². The van der Waals surface area contributed by atoms with Crippen LogP contribution in [0.1, 0.15) is 61.5 Å². The third kappa shape index (κ3) is 6.74. The molecule has 3 aromatic carbocycles. The molecule has 4 rings (SSSR count). The first-order valence-corrected chi connectivity index (χ1v) is 13.2. The van der Waals surface area contributed by atoms with Crippen LogP contribution in [0.25, 0.3) is 11.1 Å². The highest BCUT2D eigenvalue weighted by Gasteiger charge is 2.10. The molecule has 0 spiro atoms. The largest absolute Gasteiger partial charge is 0.489 e. The molecule has 176 valence electrons. The lowest BCUT2D eigenvalue weighted by molar-refractivity contribution is 0.306. The van der Waals surface area contributed by atoms with Gasteiger partial charge in [0.25, 0.3) is 0 Å². The SMILES string of the molecule is CCCC(CCC)c1ccc(OCc2ccc(-c3csc(COc4ccccc4)c3)cc2)cc1. The van der Waals surface area contributed by atoms with Gasteiger partial charge >= 0.3 is 0 Å². The average Bonchev–Trinajstić information content (AvgIpc) is 3.37. The Labute approximate surface area is 208 Å². The van der Waals surface area contributed by atoms with Gasteiger partial charge in [0.05, 0.1) is 0 Å². The quantitative estimate of drug-likeness (QED) is 0.205. The summed E-state index contributed by atoms with van der Waals surface area (Å²) in [6.45, 7) is 5.70. The van der Waals surface area contributed by atoms with Crippen molar-refractivity contribution in [3.05, 3.63) is 106 Å². The molecule has 0 amide bonds. The first-order chi connectivity index (χ1) is 16.7. The van der Waals surface area contributed by atoms with Crippen molar-refractivity contribution in [3.63, 3.8) is 0 Å². The van der Waals surface area contributed by atoms with Crippen LogP contribution < -0.4 is 9.47 Å². The highest BCUT2D eigenvalue weighted by atomic mass is 32.1. The van der Waals surface area contributed by atoms with Gasteiger partial charge in [-0.1, -0.05) is 81.3 Å². The van der Waals surface area contributed by atoms with Crippen molar-refractivity contribution in [2.75, 3.05) is 0 Å². The minimum atomic E-state index is 0.576. The van der Waals surface area contributed by atoms with Crippen LogP contribution in [0.2, 0.25) is 0 Å². The molecule has 0 atom stereocenters. The number of benzene rings is 3. The second-order valence-electron chi connectivity index (χ2n) is 8.73. The maximum absolute atomic E-state index is 6.06. The normalized spacial score (nSPS) is 11.0. The zero-order chi connectivity index (χ0) is 23.6. The Morgan fingerprint density at radius 2 is 1.32 bits per heavy atom. The number of para-hydroxylation sites is 1. The van der Waals surface area contributed by atoms with Crippen LogP contribution in [-0.4, -0.2) is 0 Å². The number of ether oxygens (including phenoxy) is 2. The van der Waals surface area contributed by atoms with Gasteiger partial charge in [0.2, 0.25) is 0 Å². The highest BCUT2D eigenvalue weighted by molar-refractivity contribution is 7.10. The molecule has 0 N–H and O–H groups in total. The molecule has 0 fully saturated rings. The highest BCUT2D eigenvalue weighted by Crippen LogP contribution is 2.29. The van der Waals surface area contributed by atoms with Gasteiger partial charge in [0, 0.05) is 4.88 Å². The predicted molar refractivity (Wildman–Crippen MR) is 144 cm³/mol. The fourth-order valence-corrected chi connectivity index (χ4v) is 5.05. The topological polar surface area (TPSA) is 18.5 Å². The lowest BCUT2D eigenvalue weighted by atomic mass is 9.90. The fourth-order valence-electron chi connectivity index (χ4n) is 4.25. The maximum atomic E-state index is 6.06. The minimum Gasteiger partial charge on any atom is -0.489 e. The van der Waals surface area contributed by atoms with E-state index in [9.17, 15) is 0 Å². The summed E-state index contributed by atoms with van der Waals surface area (Å²) in [5, 5.41) is 2.20. The maximum Gasteiger partial charge on any atom is 0.122 e. The number of thiophene rings is 1. The molecule has 3 heteroatoms. The van der Waals surface area contributed by atoms with Gasteiger partial charge in [-0.15, -0.1) is 11.3 Å². The summed E-state index contributed by atoms with van der Waals surface area (Å²) < 4.78 is 11.9. The Hall–Kier alpha value is -3.04. The second-order valence-corrected chi connectivity index (χ2v) is 9.73. The lowest BCUT2D eigenvalue weighted by Crippen LogP contribution is -1.99. The summed E-state index contributed by atoms with van der Waals surface area (Å²) in [5.74, 6) is 2.50. The monoisotopic (exact) mass is 470 g/mol. The molecule has 4 aromatic rings. The van der Waals surface area contributed by atoms with E-state index in [1.165, 1.54) is 52.8 Å². The zero-order valence-electron chi connectivity index (χ0n) is 20.2. The van der Waals surface area contributed by atoms with Crippen LogP contribution in [0.4, 0.5) is 0 Å². The third-order valence-electron chi connectivity index (χ3n) is 6.10. The van der Waals surface area contributed by atoms with E-state index in [4.69, 9.17) is 9.47 Å². The Morgan fingerprint density at radius 1 is 0.676 bits per heavy atom. The summed E-state index contributed by atoms with van der Waals surface area (Å²) >= 11 is 1.73. The molecular weight excluding hydrogens is 436 g/mol. The first-order valence-electron chi connectivity index (χ1n) is 12.3. The summed E-state index contributed by atoms with van der Waals surface area (Å²) in [6.07, 6.45) is 4.97. The van der Waals surface area contributed by atoms with Crippen LogP contribution in [0, 0.1) is 0 Å². The van der Waals surface area contributed by atoms with Crippen LogP contribution in [0.5, 0.6) is 11.5 Å². The predicted octanol–water partition coefficient (Wildman–Crippen LogP) is 9.26. The molecule has 0 bridgehead atoms. The van der Waals surface area contributed by atoms with Crippen molar-refractivity contribution in [2.24, 2.45) is 0 Å². The Kier molecular flexibility index (Phi) is 8.81. The van der Waals surface area contributed by atoms with E-state index in [2.05, 4.69) is 73.8 Å². The zero-order valence-corrected chi connectivity index (χ0v) is 21.0. The molecule has 0 unspecified atom stereocenters. The molecule has 0 radical (unpaired) electrons. The molecule has 1 heterocycles. The molecule has 0 saturated carbocycles. The molecule has 34 heavy (non-hydrogen) atoms. The summed E-state index contributed by atoms with van der Waals surface area (Å²) in [6, 6.07) is 29.5. The van der Waals surface area contributed by atoms with Gasteiger partial charge in [0.1, 0.15) is 24.7 Å². The van der Waals surface area contributed by atoms with Gasteiger partial charge in [-0.3, -0.25) is 0 Å². The molecule has 0 aliphatic heterocycles. The summed E-state index contributed by atoms with van der Waals surface area (Å²) in [4.78, 5) is 1.22. The van der Waals surface area contributed by atoms with Crippen molar-refractivity contribution in [1.82, 2.24) is 0 Å². The number of hydrogen-bond donors (Lipinski definition) is 0. The second kappa shape index (κ2) is 12.4. The van der Waals surface area contributed by atoms with Crippen LogP contribution >= 0.6 is 11.3 Å². The van der Waals surface area contributed by atoms with Crippen molar-refractivity contribution in [1.29, 1.82) is 0 Å².